The van der Waals surface area contributed by atoms with E-state index in [1.54, 1.807) is 0 Å². The van der Waals surface area contributed by atoms with Crippen LogP contribution < -0.4 is 0 Å². The van der Waals surface area contributed by atoms with Gasteiger partial charge < -0.3 is 4.74 Å². The van der Waals surface area contributed by atoms with Gasteiger partial charge in [0.25, 0.3) is 0 Å². The summed E-state index contributed by atoms with van der Waals surface area (Å²) in [6.45, 7) is 3.82. The van der Waals surface area contributed by atoms with Crippen molar-refractivity contribution < 1.29 is 13.5 Å². The molecule has 1 saturated carbocycles. The second kappa shape index (κ2) is 2.95. The van der Waals surface area contributed by atoms with E-state index in [9.17, 15) is 8.78 Å². The normalized spacial score (nSPS) is 21.5. The minimum Gasteiger partial charge on any atom is -0.322 e. The van der Waals surface area contributed by atoms with Crippen molar-refractivity contribution in [1.29, 1.82) is 0 Å². The van der Waals surface area contributed by atoms with Crippen LogP contribution in [0.1, 0.15) is 33.6 Å². The largest absolute Gasteiger partial charge is 0.345 e. The summed E-state index contributed by atoms with van der Waals surface area (Å²) < 4.78 is 27.9. The first-order valence-electron chi connectivity index (χ1n) is 4.27. The number of hydrogen-bond donors (Lipinski definition) is 0. The lowest BCUT2D eigenvalue weighted by Gasteiger charge is -2.30. The molecule has 1 aliphatic carbocycles. The van der Waals surface area contributed by atoms with Gasteiger partial charge in [0, 0.05) is 0 Å². The minimum atomic E-state index is -2.62. The number of hydrogen-bond acceptors (Lipinski definition) is 1. The number of alkyl halides is 2. The van der Waals surface area contributed by atoms with E-state index in [0.29, 0.717) is 0 Å². The first kappa shape index (κ1) is 9.90. The van der Waals surface area contributed by atoms with Gasteiger partial charge in [-0.15, -0.1) is 0 Å². The summed E-state index contributed by atoms with van der Waals surface area (Å²) >= 11 is 0. The van der Waals surface area contributed by atoms with Crippen molar-refractivity contribution in [3.63, 3.8) is 0 Å². The lowest BCUT2D eigenvalue weighted by atomic mass is 9.78. The molecule has 0 N–H and O–H groups in total. The van der Waals surface area contributed by atoms with Crippen molar-refractivity contribution in [2.75, 3.05) is 6.61 Å². The molecule has 0 aromatic rings. The Morgan fingerprint density at radius 3 is 2.08 bits per heavy atom. The van der Waals surface area contributed by atoms with Gasteiger partial charge in [0.1, 0.15) is 0 Å². The molecule has 0 aromatic carbocycles. The molecule has 0 bridgehead atoms. The molecule has 0 aliphatic heterocycles. The van der Waals surface area contributed by atoms with Crippen LogP contribution in [0.15, 0.2) is 0 Å². The summed E-state index contributed by atoms with van der Waals surface area (Å²) in [4.78, 5) is 0. The SMILES string of the molecule is CC(C)(C)C1(COC(F)F)CC1. The highest BCUT2D eigenvalue weighted by Gasteiger charge is 2.52. The van der Waals surface area contributed by atoms with Crippen LogP contribution in [-0.2, 0) is 4.74 Å². The van der Waals surface area contributed by atoms with E-state index in [2.05, 4.69) is 25.5 Å². The maximum Gasteiger partial charge on any atom is 0.345 e. The molecule has 0 atom stereocenters. The Labute approximate surface area is 72.1 Å². The fraction of sp³-hybridized carbons (Fsp3) is 1.00. The Balaban J connectivity index is 2.40. The molecule has 0 aromatic heterocycles. The van der Waals surface area contributed by atoms with Crippen molar-refractivity contribution in [3.8, 4) is 0 Å². The monoisotopic (exact) mass is 178 g/mol. The molecule has 1 fully saturated rings. The second-order valence-corrected chi connectivity index (χ2v) is 4.60. The van der Waals surface area contributed by atoms with Crippen molar-refractivity contribution in [3.05, 3.63) is 0 Å². The van der Waals surface area contributed by atoms with Crippen molar-refractivity contribution >= 4 is 0 Å². The molecule has 72 valence electrons. The minimum absolute atomic E-state index is 0.0173. The van der Waals surface area contributed by atoms with Gasteiger partial charge >= 0.3 is 6.61 Å². The predicted molar refractivity (Wildman–Crippen MR) is 43.1 cm³/mol. The zero-order valence-corrected chi connectivity index (χ0v) is 7.86. The topological polar surface area (TPSA) is 9.23 Å². The van der Waals surface area contributed by atoms with E-state index in [1.807, 2.05) is 0 Å². The standard InChI is InChI=1S/C9H16F2O/c1-8(2,3)9(4-5-9)6-12-7(10)11/h7H,4-6H2,1-3H3. The van der Waals surface area contributed by atoms with E-state index in [0.717, 1.165) is 12.8 Å². The van der Waals surface area contributed by atoms with Crippen LogP contribution in [0.3, 0.4) is 0 Å². The molecule has 0 unspecified atom stereocenters. The Morgan fingerprint density at radius 2 is 1.83 bits per heavy atom. The van der Waals surface area contributed by atoms with Gasteiger partial charge in [-0.05, 0) is 23.7 Å². The zero-order valence-electron chi connectivity index (χ0n) is 7.86. The molecule has 0 radical (unpaired) electrons. The average Bonchev–Trinajstić information content (AvgIpc) is 2.60. The second-order valence-electron chi connectivity index (χ2n) is 4.60. The Kier molecular flexibility index (Phi) is 2.43. The third-order valence-electron chi connectivity index (χ3n) is 2.93. The lowest BCUT2D eigenvalue weighted by molar-refractivity contribution is -0.150. The summed E-state index contributed by atoms with van der Waals surface area (Å²) in [7, 11) is 0. The van der Waals surface area contributed by atoms with Crippen molar-refractivity contribution in [2.45, 2.75) is 40.2 Å². The highest BCUT2D eigenvalue weighted by Crippen LogP contribution is 2.58. The summed E-state index contributed by atoms with van der Waals surface area (Å²) in [6, 6.07) is 0. The third-order valence-corrected chi connectivity index (χ3v) is 2.93. The van der Waals surface area contributed by atoms with E-state index in [1.165, 1.54) is 0 Å². The molecule has 1 rings (SSSR count). The summed E-state index contributed by atoms with van der Waals surface area (Å²) in [5, 5.41) is 0. The number of rotatable bonds is 3. The zero-order chi connectivity index (χ0) is 9.41. The number of ether oxygens (including phenoxy) is 1. The summed E-state index contributed by atoms with van der Waals surface area (Å²) in [6.07, 6.45) is 2.03. The Morgan fingerprint density at radius 1 is 1.33 bits per heavy atom. The molecule has 1 nitrogen and oxygen atoms in total. The maximum absolute atomic E-state index is 11.8. The van der Waals surface area contributed by atoms with Crippen LogP contribution in [0.5, 0.6) is 0 Å². The molecule has 0 amide bonds. The molecule has 0 heterocycles. The fourth-order valence-electron chi connectivity index (χ4n) is 1.48. The first-order valence-corrected chi connectivity index (χ1v) is 4.27. The number of halogens is 2. The van der Waals surface area contributed by atoms with Gasteiger partial charge in [0.2, 0.25) is 0 Å². The van der Waals surface area contributed by atoms with Gasteiger partial charge in [-0.3, -0.25) is 0 Å². The average molecular weight is 178 g/mol. The molecular weight excluding hydrogens is 162 g/mol. The molecule has 0 saturated heterocycles. The highest BCUT2D eigenvalue weighted by atomic mass is 19.3. The lowest BCUT2D eigenvalue weighted by Crippen LogP contribution is -2.27. The first-order chi connectivity index (χ1) is 5.37. The molecule has 0 spiro atoms. The highest BCUT2D eigenvalue weighted by molar-refractivity contribution is 5.01. The van der Waals surface area contributed by atoms with Crippen LogP contribution in [0.25, 0.3) is 0 Å². The predicted octanol–water partition coefficient (Wildman–Crippen LogP) is 3.05. The van der Waals surface area contributed by atoms with Crippen molar-refractivity contribution in [1.82, 2.24) is 0 Å². The fourth-order valence-corrected chi connectivity index (χ4v) is 1.48. The van der Waals surface area contributed by atoms with Gasteiger partial charge in [-0.1, -0.05) is 20.8 Å². The summed E-state index contributed by atoms with van der Waals surface area (Å²) in [5.41, 5.74) is 0.103. The Hall–Kier alpha value is -0.180. The van der Waals surface area contributed by atoms with Gasteiger partial charge in [-0.2, -0.15) is 8.78 Å². The smallest absolute Gasteiger partial charge is 0.322 e. The summed E-state index contributed by atoms with van der Waals surface area (Å²) in [5.74, 6) is 0. The van der Waals surface area contributed by atoms with Crippen LogP contribution in [-0.4, -0.2) is 13.2 Å². The van der Waals surface area contributed by atoms with Crippen LogP contribution in [0.4, 0.5) is 8.78 Å². The van der Waals surface area contributed by atoms with Crippen molar-refractivity contribution in [2.24, 2.45) is 10.8 Å². The van der Waals surface area contributed by atoms with Crippen LogP contribution in [0, 0.1) is 10.8 Å². The van der Waals surface area contributed by atoms with Crippen LogP contribution >= 0.6 is 0 Å². The molecular formula is C9H16F2O. The van der Waals surface area contributed by atoms with Gasteiger partial charge in [0.15, 0.2) is 0 Å². The van der Waals surface area contributed by atoms with Crippen LogP contribution in [0.2, 0.25) is 0 Å². The van der Waals surface area contributed by atoms with E-state index in [-0.39, 0.29) is 17.4 Å². The van der Waals surface area contributed by atoms with E-state index in [4.69, 9.17) is 0 Å². The van der Waals surface area contributed by atoms with E-state index < -0.39 is 6.61 Å². The van der Waals surface area contributed by atoms with Gasteiger partial charge in [0.05, 0.1) is 6.61 Å². The van der Waals surface area contributed by atoms with E-state index >= 15 is 0 Å². The molecule has 1 aliphatic rings. The molecule has 12 heavy (non-hydrogen) atoms. The maximum atomic E-state index is 11.8. The quantitative estimate of drug-likeness (QED) is 0.645. The molecule has 3 heteroatoms. The Bertz CT molecular complexity index is 156. The van der Waals surface area contributed by atoms with Gasteiger partial charge in [-0.25, -0.2) is 0 Å². The third kappa shape index (κ3) is 1.94.